The lowest BCUT2D eigenvalue weighted by molar-refractivity contribution is -0.0264. The van der Waals surface area contributed by atoms with Crippen LogP contribution in [0.5, 0.6) is 5.75 Å². The summed E-state index contributed by atoms with van der Waals surface area (Å²) >= 11 is 0. The Balaban J connectivity index is 1.47. The fraction of sp³-hybridized carbons (Fsp3) is 0.300. The number of morpholine rings is 1. The predicted octanol–water partition coefficient (Wildman–Crippen LogP) is 2.30. The number of ether oxygens (including phenoxy) is 2. The summed E-state index contributed by atoms with van der Waals surface area (Å²) in [5.41, 5.74) is 0.719. The molecular weight excluding hydrogens is 367 g/mol. The van der Waals surface area contributed by atoms with Gasteiger partial charge in [-0.3, -0.25) is 4.79 Å². The summed E-state index contributed by atoms with van der Waals surface area (Å²) in [5, 5.41) is 11.8. The standard InChI is InChI=1S/C20H21FN2O5/c21-18-10-15(24)6-7-17(18)19(25)22-11-16-12-23(8-9-27-16)20(26)28-13-14-4-2-1-3-5-14/h1-7,10,16,24H,8-9,11-13H2,(H,22,25). The molecule has 2 amide bonds. The number of aromatic hydroxyl groups is 1. The summed E-state index contributed by atoms with van der Waals surface area (Å²) in [6, 6.07) is 12.7. The number of phenols is 1. The number of carbonyl (C=O) groups is 2. The largest absolute Gasteiger partial charge is 0.508 e. The average molecular weight is 388 g/mol. The van der Waals surface area contributed by atoms with Gasteiger partial charge in [0.25, 0.3) is 5.91 Å². The van der Waals surface area contributed by atoms with Gasteiger partial charge in [-0.15, -0.1) is 0 Å². The zero-order valence-corrected chi connectivity index (χ0v) is 15.1. The molecule has 7 nitrogen and oxygen atoms in total. The van der Waals surface area contributed by atoms with Gasteiger partial charge in [-0.1, -0.05) is 30.3 Å². The van der Waals surface area contributed by atoms with E-state index in [1.165, 1.54) is 17.0 Å². The Morgan fingerprint density at radius 3 is 2.79 bits per heavy atom. The SMILES string of the molecule is O=C(NCC1CN(C(=O)OCc2ccccc2)CCO1)c1ccc(O)cc1F. The first-order chi connectivity index (χ1) is 13.5. The van der Waals surface area contributed by atoms with Crippen molar-refractivity contribution in [1.82, 2.24) is 10.2 Å². The van der Waals surface area contributed by atoms with Crippen molar-refractivity contribution < 1.29 is 28.6 Å². The van der Waals surface area contributed by atoms with E-state index in [9.17, 15) is 19.1 Å². The fourth-order valence-electron chi connectivity index (χ4n) is 2.81. The second kappa shape index (κ2) is 9.18. The Hall–Kier alpha value is -3.13. The van der Waals surface area contributed by atoms with Crippen LogP contribution >= 0.6 is 0 Å². The molecule has 0 radical (unpaired) electrons. The molecule has 3 rings (SSSR count). The smallest absolute Gasteiger partial charge is 0.410 e. The van der Waals surface area contributed by atoms with E-state index >= 15 is 0 Å². The first-order valence-electron chi connectivity index (χ1n) is 8.87. The third-order valence-corrected chi connectivity index (χ3v) is 4.29. The molecule has 0 aliphatic carbocycles. The maximum atomic E-state index is 13.7. The molecule has 0 spiro atoms. The zero-order chi connectivity index (χ0) is 19.9. The highest BCUT2D eigenvalue weighted by Gasteiger charge is 2.26. The molecule has 148 valence electrons. The number of nitrogens with zero attached hydrogens (tertiary/aromatic N) is 1. The van der Waals surface area contributed by atoms with Gasteiger partial charge < -0.3 is 24.8 Å². The van der Waals surface area contributed by atoms with Crippen LogP contribution in [0.2, 0.25) is 0 Å². The van der Waals surface area contributed by atoms with Crippen molar-refractivity contribution in [3.8, 4) is 5.75 Å². The van der Waals surface area contributed by atoms with Gasteiger partial charge in [-0.05, 0) is 17.7 Å². The molecule has 1 saturated heterocycles. The van der Waals surface area contributed by atoms with E-state index in [4.69, 9.17) is 9.47 Å². The molecule has 2 aromatic rings. The summed E-state index contributed by atoms with van der Waals surface area (Å²) in [6.45, 7) is 1.26. The first kappa shape index (κ1) is 19.6. The minimum Gasteiger partial charge on any atom is -0.508 e. The predicted molar refractivity (Wildman–Crippen MR) is 98.3 cm³/mol. The monoisotopic (exact) mass is 388 g/mol. The van der Waals surface area contributed by atoms with Crippen LogP contribution in [0.3, 0.4) is 0 Å². The quantitative estimate of drug-likeness (QED) is 0.821. The molecule has 28 heavy (non-hydrogen) atoms. The van der Waals surface area contributed by atoms with Crippen molar-refractivity contribution in [1.29, 1.82) is 0 Å². The van der Waals surface area contributed by atoms with Crippen molar-refractivity contribution >= 4 is 12.0 Å². The summed E-state index contributed by atoms with van der Waals surface area (Å²) in [4.78, 5) is 25.9. The molecule has 1 heterocycles. The maximum Gasteiger partial charge on any atom is 0.410 e. The number of benzene rings is 2. The highest BCUT2D eigenvalue weighted by atomic mass is 19.1. The molecule has 1 atom stereocenters. The number of halogens is 1. The molecule has 1 aliphatic heterocycles. The molecule has 1 unspecified atom stereocenters. The van der Waals surface area contributed by atoms with Gasteiger partial charge in [0.1, 0.15) is 18.2 Å². The summed E-state index contributed by atoms with van der Waals surface area (Å²) in [6.07, 6.45) is -0.879. The molecule has 2 N–H and O–H groups in total. The topological polar surface area (TPSA) is 88.1 Å². The Morgan fingerprint density at radius 1 is 1.25 bits per heavy atom. The van der Waals surface area contributed by atoms with Crippen molar-refractivity contribution in [2.24, 2.45) is 0 Å². The van der Waals surface area contributed by atoms with Gasteiger partial charge >= 0.3 is 6.09 Å². The summed E-state index contributed by atoms with van der Waals surface area (Å²) < 4.78 is 24.6. The van der Waals surface area contributed by atoms with E-state index in [1.807, 2.05) is 30.3 Å². The summed E-state index contributed by atoms with van der Waals surface area (Å²) in [7, 11) is 0. The Morgan fingerprint density at radius 2 is 2.04 bits per heavy atom. The van der Waals surface area contributed by atoms with E-state index in [1.54, 1.807) is 0 Å². The minimum atomic E-state index is -0.812. The molecule has 0 aromatic heterocycles. The van der Waals surface area contributed by atoms with Crippen molar-refractivity contribution in [2.75, 3.05) is 26.2 Å². The molecule has 0 bridgehead atoms. The number of hydrogen-bond acceptors (Lipinski definition) is 5. The van der Waals surface area contributed by atoms with E-state index in [-0.39, 0.29) is 31.0 Å². The summed E-state index contributed by atoms with van der Waals surface area (Å²) in [5.74, 6) is -1.69. The minimum absolute atomic E-state index is 0.113. The van der Waals surface area contributed by atoms with Crippen molar-refractivity contribution in [3.63, 3.8) is 0 Å². The lowest BCUT2D eigenvalue weighted by atomic mass is 10.2. The lowest BCUT2D eigenvalue weighted by Gasteiger charge is -2.32. The van der Waals surface area contributed by atoms with Crippen molar-refractivity contribution in [2.45, 2.75) is 12.7 Å². The van der Waals surface area contributed by atoms with Crippen LogP contribution in [-0.2, 0) is 16.1 Å². The number of hydrogen-bond donors (Lipinski definition) is 2. The number of rotatable bonds is 5. The highest BCUT2D eigenvalue weighted by Crippen LogP contribution is 2.15. The van der Waals surface area contributed by atoms with Gasteiger partial charge in [-0.25, -0.2) is 9.18 Å². The van der Waals surface area contributed by atoms with E-state index in [0.29, 0.717) is 13.2 Å². The van der Waals surface area contributed by atoms with Crippen LogP contribution in [0, 0.1) is 5.82 Å². The first-order valence-corrected chi connectivity index (χ1v) is 8.87. The zero-order valence-electron chi connectivity index (χ0n) is 15.1. The Labute approximate surface area is 161 Å². The van der Waals surface area contributed by atoms with Gasteiger partial charge in [0.15, 0.2) is 0 Å². The van der Waals surface area contributed by atoms with Gasteiger partial charge in [-0.2, -0.15) is 0 Å². The van der Waals surface area contributed by atoms with E-state index < -0.39 is 23.9 Å². The van der Waals surface area contributed by atoms with Crippen LogP contribution in [0.4, 0.5) is 9.18 Å². The normalized spacial score (nSPS) is 16.5. The highest BCUT2D eigenvalue weighted by molar-refractivity contribution is 5.94. The lowest BCUT2D eigenvalue weighted by Crippen LogP contribution is -2.49. The van der Waals surface area contributed by atoms with E-state index in [2.05, 4.69) is 5.32 Å². The van der Waals surface area contributed by atoms with Crippen LogP contribution < -0.4 is 5.32 Å². The molecule has 1 aliphatic rings. The average Bonchev–Trinajstić information content (AvgIpc) is 2.71. The number of amides is 2. The second-order valence-corrected chi connectivity index (χ2v) is 6.35. The molecular formula is C20H21FN2O5. The molecule has 2 aromatic carbocycles. The second-order valence-electron chi connectivity index (χ2n) is 6.35. The van der Waals surface area contributed by atoms with E-state index in [0.717, 1.165) is 11.6 Å². The third kappa shape index (κ3) is 5.20. The number of carbonyl (C=O) groups excluding carboxylic acids is 2. The third-order valence-electron chi connectivity index (χ3n) is 4.29. The molecule has 1 fully saturated rings. The van der Waals surface area contributed by atoms with Crippen LogP contribution in [0.1, 0.15) is 15.9 Å². The Kier molecular flexibility index (Phi) is 6.44. The van der Waals surface area contributed by atoms with Gasteiger partial charge in [0, 0.05) is 19.2 Å². The van der Waals surface area contributed by atoms with Crippen molar-refractivity contribution in [3.05, 3.63) is 65.5 Å². The molecule has 8 heteroatoms. The van der Waals surface area contributed by atoms with Crippen LogP contribution in [-0.4, -0.2) is 54.4 Å². The maximum absolute atomic E-state index is 13.7. The van der Waals surface area contributed by atoms with Crippen LogP contribution in [0.25, 0.3) is 0 Å². The van der Waals surface area contributed by atoms with Crippen LogP contribution in [0.15, 0.2) is 48.5 Å². The molecule has 0 saturated carbocycles. The number of phenolic OH excluding ortho intramolecular Hbond substituents is 1. The van der Waals surface area contributed by atoms with Gasteiger partial charge in [0.2, 0.25) is 0 Å². The number of nitrogens with one attached hydrogen (secondary N) is 1. The fourth-order valence-corrected chi connectivity index (χ4v) is 2.81. The Bertz CT molecular complexity index is 831. The van der Waals surface area contributed by atoms with Gasteiger partial charge in [0.05, 0.1) is 24.8 Å².